The first-order chi connectivity index (χ1) is 12.3. The lowest BCUT2D eigenvalue weighted by atomic mass is 9.95. The highest BCUT2D eigenvalue weighted by molar-refractivity contribution is 5.86. The smallest absolute Gasteiger partial charge is 0.145 e. The van der Waals surface area contributed by atoms with Crippen molar-refractivity contribution in [2.24, 2.45) is 0 Å². The highest BCUT2D eigenvalue weighted by atomic mass is 15.1. The minimum absolute atomic E-state index is 0.475. The summed E-state index contributed by atoms with van der Waals surface area (Å²) in [4.78, 5) is 8.55. The summed E-state index contributed by atoms with van der Waals surface area (Å²) in [6.07, 6.45) is 7.20. The monoisotopic (exact) mass is 328 g/mol. The van der Waals surface area contributed by atoms with Gasteiger partial charge in [-0.1, -0.05) is 42.5 Å². The average molecular weight is 328 g/mol. The molecule has 0 amide bonds. The SMILES string of the molecule is Nc1ncnc2c1ccn2C1CCC(c2ccc3ccccc3c2)C1. The minimum atomic E-state index is 0.475. The van der Waals surface area contributed by atoms with Crippen LogP contribution >= 0.6 is 0 Å². The second kappa shape index (κ2) is 5.59. The summed E-state index contributed by atoms with van der Waals surface area (Å²) in [5.41, 5.74) is 8.38. The molecule has 1 saturated carbocycles. The van der Waals surface area contributed by atoms with Gasteiger partial charge in [-0.25, -0.2) is 9.97 Å². The number of nitrogens with zero attached hydrogens (tertiary/aromatic N) is 3. The molecule has 2 N–H and O–H groups in total. The standard InChI is InChI=1S/C21H20N4/c22-20-19-9-10-25(21(19)24-13-23-20)18-8-7-17(12-18)16-6-5-14-3-1-2-4-15(14)11-16/h1-6,9-11,13,17-18H,7-8,12H2,(H2,22,23,24). The summed E-state index contributed by atoms with van der Waals surface area (Å²) in [5.74, 6) is 1.17. The second-order valence-electron chi connectivity index (χ2n) is 6.99. The fraction of sp³-hybridized carbons (Fsp3) is 0.238. The molecule has 1 aliphatic carbocycles. The van der Waals surface area contributed by atoms with Crippen LogP contribution in [0.4, 0.5) is 5.82 Å². The van der Waals surface area contributed by atoms with Crippen LogP contribution in [0.1, 0.15) is 36.8 Å². The van der Waals surface area contributed by atoms with Crippen LogP contribution < -0.4 is 5.73 Å². The Morgan fingerprint density at radius 1 is 0.960 bits per heavy atom. The van der Waals surface area contributed by atoms with E-state index in [9.17, 15) is 0 Å². The van der Waals surface area contributed by atoms with E-state index in [1.165, 1.54) is 29.2 Å². The Balaban J connectivity index is 1.46. The number of hydrogen-bond acceptors (Lipinski definition) is 3. The van der Waals surface area contributed by atoms with Crippen molar-refractivity contribution in [3.63, 3.8) is 0 Å². The molecule has 124 valence electrons. The molecule has 0 radical (unpaired) electrons. The Labute approximate surface area is 146 Å². The topological polar surface area (TPSA) is 56.7 Å². The Kier molecular flexibility index (Phi) is 3.23. The maximum absolute atomic E-state index is 5.97. The molecule has 2 aromatic heterocycles. The number of nitrogen functional groups attached to an aromatic ring is 1. The molecule has 2 heterocycles. The Morgan fingerprint density at radius 3 is 2.76 bits per heavy atom. The highest BCUT2D eigenvalue weighted by Crippen LogP contribution is 2.42. The van der Waals surface area contributed by atoms with Gasteiger partial charge in [-0.15, -0.1) is 0 Å². The van der Waals surface area contributed by atoms with Gasteiger partial charge in [0.2, 0.25) is 0 Å². The van der Waals surface area contributed by atoms with Gasteiger partial charge in [-0.05, 0) is 47.6 Å². The Bertz CT molecular complexity index is 1070. The van der Waals surface area contributed by atoms with Gasteiger partial charge in [0.05, 0.1) is 5.39 Å². The van der Waals surface area contributed by atoms with Crippen molar-refractivity contribution in [3.05, 3.63) is 66.6 Å². The van der Waals surface area contributed by atoms with Gasteiger partial charge in [0.25, 0.3) is 0 Å². The van der Waals surface area contributed by atoms with Crippen molar-refractivity contribution in [3.8, 4) is 0 Å². The third-order valence-corrected chi connectivity index (χ3v) is 5.58. The van der Waals surface area contributed by atoms with Crippen molar-refractivity contribution in [1.29, 1.82) is 0 Å². The maximum Gasteiger partial charge on any atom is 0.145 e. The van der Waals surface area contributed by atoms with Crippen LogP contribution in [0.5, 0.6) is 0 Å². The van der Waals surface area contributed by atoms with E-state index in [1.54, 1.807) is 6.33 Å². The molecule has 0 aliphatic heterocycles. The highest BCUT2D eigenvalue weighted by Gasteiger charge is 2.28. The Morgan fingerprint density at radius 2 is 1.84 bits per heavy atom. The van der Waals surface area contributed by atoms with Crippen molar-refractivity contribution in [2.45, 2.75) is 31.2 Å². The van der Waals surface area contributed by atoms with E-state index < -0.39 is 0 Å². The van der Waals surface area contributed by atoms with Crippen molar-refractivity contribution >= 4 is 27.6 Å². The van der Waals surface area contributed by atoms with Crippen molar-refractivity contribution < 1.29 is 0 Å². The molecule has 0 saturated heterocycles. The van der Waals surface area contributed by atoms with E-state index in [1.807, 2.05) is 6.07 Å². The molecule has 0 spiro atoms. The molecule has 2 aromatic carbocycles. The third-order valence-electron chi connectivity index (χ3n) is 5.58. The van der Waals surface area contributed by atoms with Crippen molar-refractivity contribution in [1.82, 2.24) is 14.5 Å². The second-order valence-corrected chi connectivity index (χ2v) is 6.99. The molecular weight excluding hydrogens is 308 g/mol. The molecule has 25 heavy (non-hydrogen) atoms. The number of benzene rings is 2. The normalized spacial score (nSPS) is 20.5. The van der Waals surface area contributed by atoms with Gasteiger partial charge in [-0.3, -0.25) is 0 Å². The predicted molar refractivity (Wildman–Crippen MR) is 102 cm³/mol. The van der Waals surface area contributed by atoms with E-state index in [2.05, 4.69) is 63.2 Å². The fourth-order valence-electron chi connectivity index (χ4n) is 4.26. The van der Waals surface area contributed by atoms with Gasteiger partial charge in [0, 0.05) is 12.2 Å². The van der Waals surface area contributed by atoms with Crippen LogP contribution in [0.2, 0.25) is 0 Å². The van der Waals surface area contributed by atoms with Gasteiger partial charge >= 0.3 is 0 Å². The number of rotatable bonds is 2. The predicted octanol–water partition coefficient (Wildman–Crippen LogP) is 4.68. The molecule has 1 fully saturated rings. The number of fused-ring (bicyclic) bond motifs is 2. The van der Waals surface area contributed by atoms with E-state index >= 15 is 0 Å². The lowest BCUT2D eigenvalue weighted by Gasteiger charge is -2.15. The molecule has 2 atom stereocenters. The van der Waals surface area contributed by atoms with Crippen LogP contribution in [0.25, 0.3) is 21.8 Å². The van der Waals surface area contributed by atoms with E-state index in [-0.39, 0.29) is 0 Å². The van der Waals surface area contributed by atoms with Crippen LogP contribution in [-0.2, 0) is 0 Å². The van der Waals surface area contributed by atoms with Crippen LogP contribution in [0.15, 0.2) is 61.1 Å². The molecule has 5 rings (SSSR count). The molecule has 2 unspecified atom stereocenters. The summed E-state index contributed by atoms with van der Waals surface area (Å²) < 4.78 is 2.29. The Hall–Kier alpha value is -2.88. The lowest BCUT2D eigenvalue weighted by Crippen LogP contribution is -2.05. The minimum Gasteiger partial charge on any atom is -0.383 e. The fourth-order valence-corrected chi connectivity index (χ4v) is 4.26. The van der Waals surface area contributed by atoms with Gasteiger partial charge in [0.15, 0.2) is 0 Å². The zero-order chi connectivity index (χ0) is 16.8. The van der Waals surface area contributed by atoms with Gasteiger partial charge in [-0.2, -0.15) is 0 Å². The first-order valence-corrected chi connectivity index (χ1v) is 8.85. The lowest BCUT2D eigenvalue weighted by molar-refractivity contribution is 0.523. The maximum atomic E-state index is 5.97. The summed E-state index contributed by atoms with van der Waals surface area (Å²) in [6.45, 7) is 0. The van der Waals surface area contributed by atoms with Gasteiger partial charge < -0.3 is 10.3 Å². The average Bonchev–Trinajstić information content (AvgIpc) is 3.29. The van der Waals surface area contributed by atoms with E-state index in [4.69, 9.17) is 5.73 Å². The first-order valence-electron chi connectivity index (χ1n) is 8.85. The summed E-state index contributed by atoms with van der Waals surface area (Å²) in [6, 6.07) is 18.0. The van der Waals surface area contributed by atoms with Gasteiger partial charge in [0.1, 0.15) is 17.8 Å². The molecule has 4 aromatic rings. The van der Waals surface area contributed by atoms with E-state index in [0.717, 1.165) is 17.5 Å². The molecule has 1 aliphatic rings. The zero-order valence-electron chi connectivity index (χ0n) is 14.0. The zero-order valence-corrected chi connectivity index (χ0v) is 14.0. The first kappa shape index (κ1) is 14.5. The number of aromatic nitrogens is 3. The number of anilines is 1. The molecule has 4 nitrogen and oxygen atoms in total. The molecular formula is C21H20N4. The molecule has 4 heteroatoms. The third kappa shape index (κ3) is 2.37. The van der Waals surface area contributed by atoms with Crippen LogP contribution in [0.3, 0.4) is 0 Å². The van der Waals surface area contributed by atoms with E-state index in [0.29, 0.717) is 17.8 Å². The summed E-state index contributed by atoms with van der Waals surface area (Å²) in [7, 11) is 0. The number of nitrogens with two attached hydrogens (primary N) is 1. The van der Waals surface area contributed by atoms with Crippen LogP contribution in [0, 0.1) is 0 Å². The molecule has 0 bridgehead atoms. The quantitative estimate of drug-likeness (QED) is 0.581. The van der Waals surface area contributed by atoms with Crippen LogP contribution in [-0.4, -0.2) is 14.5 Å². The van der Waals surface area contributed by atoms with Crippen molar-refractivity contribution in [2.75, 3.05) is 5.73 Å². The number of hydrogen-bond donors (Lipinski definition) is 1. The summed E-state index contributed by atoms with van der Waals surface area (Å²) >= 11 is 0. The summed E-state index contributed by atoms with van der Waals surface area (Å²) in [5, 5.41) is 3.59. The largest absolute Gasteiger partial charge is 0.383 e.